The predicted octanol–water partition coefficient (Wildman–Crippen LogP) is 1.47. The number of nitrogens with one attached hydrogen (secondary N) is 1. The Hall–Kier alpha value is -1.59. The third kappa shape index (κ3) is 4.51. The Kier molecular flexibility index (Phi) is 4.62. The molecule has 1 saturated heterocycles. The first-order chi connectivity index (χ1) is 9.44. The summed E-state index contributed by atoms with van der Waals surface area (Å²) < 4.78 is 11.1. The van der Waals surface area contributed by atoms with Crippen molar-refractivity contribution in [2.24, 2.45) is 0 Å². The summed E-state index contributed by atoms with van der Waals surface area (Å²) in [7, 11) is 0. The van der Waals surface area contributed by atoms with Gasteiger partial charge in [-0.3, -0.25) is 4.79 Å². The summed E-state index contributed by atoms with van der Waals surface area (Å²) in [5.74, 6) is -0.519. The van der Waals surface area contributed by atoms with Gasteiger partial charge in [0.15, 0.2) is 5.79 Å². The van der Waals surface area contributed by atoms with Crippen LogP contribution in [0.3, 0.4) is 0 Å². The van der Waals surface area contributed by atoms with Crippen LogP contribution in [-0.2, 0) is 20.7 Å². The summed E-state index contributed by atoms with van der Waals surface area (Å²) in [6, 6.07) is 7.58. The van der Waals surface area contributed by atoms with E-state index in [9.17, 15) is 4.79 Å². The van der Waals surface area contributed by atoms with Crippen molar-refractivity contribution in [2.45, 2.75) is 38.6 Å². The molecule has 5 nitrogen and oxygen atoms in total. The molecular weight excluding hydrogens is 256 g/mol. The molecule has 1 aliphatic rings. The number of carbonyl (C=O) groups is 1. The lowest BCUT2D eigenvalue weighted by atomic mass is 10.1. The van der Waals surface area contributed by atoms with E-state index in [-0.39, 0.29) is 12.0 Å². The number of amides is 1. The standard InChI is InChI=1S/C15H22N2O3/c1-15(2)19-10-13(20-15)9-17-14(18)8-5-11-3-6-12(16)7-4-11/h3-4,6-7,13H,5,8-10,16H2,1-2H3,(H,17,18). The average Bonchev–Trinajstić information content (AvgIpc) is 2.75. The van der Waals surface area contributed by atoms with Crippen molar-refractivity contribution >= 4 is 11.6 Å². The molecule has 0 spiro atoms. The number of ether oxygens (including phenoxy) is 2. The van der Waals surface area contributed by atoms with Crippen molar-refractivity contribution in [2.75, 3.05) is 18.9 Å². The van der Waals surface area contributed by atoms with Gasteiger partial charge in [-0.1, -0.05) is 12.1 Å². The summed E-state index contributed by atoms with van der Waals surface area (Å²) in [6.45, 7) is 4.75. The lowest BCUT2D eigenvalue weighted by Gasteiger charge is -2.17. The van der Waals surface area contributed by atoms with Crippen LogP contribution in [0.2, 0.25) is 0 Å². The fraction of sp³-hybridized carbons (Fsp3) is 0.533. The molecule has 5 heteroatoms. The van der Waals surface area contributed by atoms with Crippen molar-refractivity contribution in [3.63, 3.8) is 0 Å². The highest BCUT2D eigenvalue weighted by Gasteiger charge is 2.32. The quantitative estimate of drug-likeness (QED) is 0.800. The second-order valence-corrected chi connectivity index (χ2v) is 5.50. The first kappa shape index (κ1) is 14.8. The predicted molar refractivity (Wildman–Crippen MR) is 77.1 cm³/mol. The van der Waals surface area contributed by atoms with E-state index in [1.54, 1.807) is 0 Å². The fourth-order valence-electron chi connectivity index (χ4n) is 2.12. The Morgan fingerprint density at radius 2 is 2.10 bits per heavy atom. The third-order valence-electron chi connectivity index (χ3n) is 3.21. The van der Waals surface area contributed by atoms with E-state index in [2.05, 4.69) is 5.32 Å². The highest BCUT2D eigenvalue weighted by molar-refractivity contribution is 5.76. The van der Waals surface area contributed by atoms with Gasteiger partial charge in [0.05, 0.1) is 6.61 Å². The van der Waals surface area contributed by atoms with Crippen LogP contribution in [0.1, 0.15) is 25.8 Å². The van der Waals surface area contributed by atoms with Gasteiger partial charge in [0.1, 0.15) is 6.10 Å². The number of nitrogen functional groups attached to an aromatic ring is 1. The molecule has 110 valence electrons. The summed E-state index contributed by atoms with van der Waals surface area (Å²) in [5.41, 5.74) is 7.46. The number of aryl methyl sites for hydroxylation is 1. The Morgan fingerprint density at radius 3 is 2.70 bits per heavy atom. The Labute approximate surface area is 119 Å². The summed E-state index contributed by atoms with van der Waals surface area (Å²) in [4.78, 5) is 11.8. The number of nitrogens with two attached hydrogens (primary N) is 1. The van der Waals surface area contributed by atoms with Crippen LogP contribution in [0.5, 0.6) is 0 Å². The molecule has 1 atom stereocenters. The van der Waals surface area contributed by atoms with E-state index in [0.717, 1.165) is 11.3 Å². The normalized spacial score (nSPS) is 20.8. The summed E-state index contributed by atoms with van der Waals surface area (Å²) in [6.07, 6.45) is 1.10. The second kappa shape index (κ2) is 6.24. The molecule has 1 unspecified atom stereocenters. The lowest BCUT2D eigenvalue weighted by molar-refractivity contribution is -0.139. The van der Waals surface area contributed by atoms with Crippen molar-refractivity contribution < 1.29 is 14.3 Å². The third-order valence-corrected chi connectivity index (χ3v) is 3.21. The minimum Gasteiger partial charge on any atom is -0.399 e. The number of anilines is 1. The minimum absolute atomic E-state index is 0.0233. The van der Waals surface area contributed by atoms with Crippen LogP contribution >= 0.6 is 0 Å². The van der Waals surface area contributed by atoms with Crippen molar-refractivity contribution in [3.8, 4) is 0 Å². The van der Waals surface area contributed by atoms with Crippen molar-refractivity contribution in [1.82, 2.24) is 5.32 Å². The van der Waals surface area contributed by atoms with Crippen LogP contribution < -0.4 is 11.1 Å². The van der Waals surface area contributed by atoms with E-state index in [0.29, 0.717) is 26.0 Å². The maximum Gasteiger partial charge on any atom is 0.220 e. The zero-order chi connectivity index (χ0) is 14.6. The molecule has 1 aromatic carbocycles. The molecular formula is C15H22N2O3. The number of benzene rings is 1. The van der Waals surface area contributed by atoms with E-state index >= 15 is 0 Å². The summed E-state index contributed by atoms with van der Waals surface area (Å²) in [5, 5.41) is 2.88. The highest BCUT2D eigenvalue weighted by atomic mass is 16.7. The lowest BCUT2D eigenvalue weighted by Crippen LogP contribution is -2.34. The molecule has 20 heavy (non-hydrogen) atoms. The molecule has 0 aromatic heterocycles. The van der Waals surface area contributed by atoms with Gasteiger partial charge in [-0.2, -0.15) is 0 Å². The number of carbonyl (C=O) groups excluding carboxylic acids is 1. The van der Waals surface area contributed by atoms with Crippen molar-refractivity contribution in [1.29, 1.82) is 0 Å². The van der Waals surface area contributed by atoms with Gasteiger partial charge in [0, 0.05) is 18.7 Å². The molecule has 1 fully saturated rings. The second-order valence-electron chi connectivity index (χ2n) is 5.50. The van der Waals surface area contributed by atoms with Gasteiger partial charge >= 0.3 is 0 Å². The molecule has 1 aliphatic heterocycles. The topological polar surface area (TPSA) is 73.6 Å². The Bertz CT molecular complexity index is 457. The van der Waals surface area contributed by atoms with Crippen LogP contribution in [0.4, 0.5) is 5.69 Å². The monoisotopic (exact) mass is 278 g/mol. The first-order valence-electron chi connectivity index (χ1n) is 6.87. The largest absolute Gasteiger partial charge is 0.399 e. The molecule has 0 bridgehead atoms. The van der Waals surface area contributed by atoms with Gasteiger partial charge in [-0.05, 0) is 38.0 Å². The van der Waals surface area contributed by atoms with Crippen LogP contribution in [0.25, 0.3) is 0 Å². The highest BCUT2D eigenvalue weighted by Crippen LogP contribution is 2.21. The Morgan fingerprint density at radius 1 is 1.40 bits per heavy atom. The number of hydrogen-bond acceptors (Lipinski definition) is 4. The van der Waals surface area contributed by atoms with Crippen molar-refractivity contribution in [3.05, 3.63) is 29.8 Å². The van der Waals surface area contributed by atoms with E-state index < -0.39 is 5.79 Å². The molecule has 2 rings (SSSR count). The molecule has 0 radical (unpaired) electrons. The fourth-order valence-corrected chi connectivity index (χ4v) is 2.12. The van der Waals surface area contributed by atoms with Gasteiger partial charge in [-0.15, -0.1) is 0 Å². The summed E-state index contributed by atoms with van der Waals surface area (Å²) >= 11 is 0. The molecule has 0 aliphatic carbocycles. The SMILES string of the molecule is CC1(C)OCC(CNC(=O)CCc2ccc(N)cc2)O1. The molecule has 1 heterocycles. The van der Waals surface area contributed by atoms with E-state index in [1.807, 2.05) is 38.1 Å². The average molecular weight is 278 g/mol. The molecule has 1 amide bonds. The van der Waals surface area contributed by atoms with Crippen LogP contribution in [0.15, 0.2) is 24.3 Å². The van der Waals surface area contributed by atoms with Gasteiger partial charge < -0.3 is 20.5 Å². The first-order valence-corrected chi connectivity index (χ1v) is 6.87. The zero-order valence-electron chi connectivity index (χ0n) is 12.0. The number of rotatable bonds is 5. The maximum atomic E-state index is 11.8. The van der Waals surface area contributed by atoms with Crippen LogP contribution in [0, 0.1) is 0 Å². The molecule has 3 N–H and O–H groups in total. The molecule has 1 aromatic rings. The van der Waals surface area contributed by atoms with E-state index in [4.69, 9.17) is 15.2 Å². The zero-order valence-corrected chi connectivity index (χ0v) is 12.0. The number of hydrogen-bond donors (Lipinski definition) is 2. The van der Waals surface area contributed by atoms with Gasteiger partial charge in [0.2, 0.25) is 5.91 Å². The van der Waals surface area contributed by atoms with E-state index in [1.165, 1.54) is 0 Å². The van der Waals surface area contributed by atoms with Crippen LogP contribution in [-0.4, -0.2) is 30.9 Å². The minimum atomic E-state index is -0.542. The van der Waals surface area contributed by atoms with Gasteiger partial charge in [-0.25, -0.2) is 0 Å². The van der Waals surface area contributed by atoms with Gasteiger partial charge in [0.25, 0.3) is 0 Å². The smallest absolute Gasteiger partial charge is 0.220 e. The maximum absolute atomic E-state index is 11.8. The Balaban J connectivity index is 1.67. The molecule has 0 saturated carbocycles.